The van der Waals surface area contributed by atoms with Gasteiger partial charge in [0, 0.05) is 10.4 Å². The average Bonchev–Trinajstić information content (AvgIpc) is 3.09. The van der Waals surface area contributed by atoms with Gasteiger partial charge in [-0.2, -0.15) is 0 Å². The fourth-order valence-corrected chi connectivity index (χ4v) is 4.43. The Bertz CT molecular complexity index is 1150. The van der Waals surface area contributed by atoms with Crippen molar-refractivity contribution in [3.8, 4) is 10.8 Å². The van der Waals surface area contributed by atoms with E-state index in [4.69, 9.17) is 28.0 Å². The molecule has 0 saturated carbocycles. The average molecular weight is 421 g/mol. The molecule has 0 bridgehead atoms. The quantitative estimate of drug-likeness (QED) is 0.275. The fraction of sp³-hybridized carbons (Fsp3) is 0.263. The Morgan fingerprint density at radius 1 is 0.929 bits per heavy atom. The van der Waals surface area contributed by atoms with Crippen LogP contribution in [0.15, 0.2) is 46.9 Å². The highest BCUT2D eigenvalue weighted by atomic mass is 35.7. The number of thiazole rings is 1. The van der Waals surface area contributed by atoms with Crippen LogP contribution < -0.4 is 28.0 Å². The summed E-state index contributed by atoms with van der Waals surface area (Å²) in [7, 11) is -4.94. The Morgan fingerprint density at radius 3 is 2.39 bits per heavy atom. The Balaban J connectivity index is 0.000000346. The lowest BCUT2D eigenvalue weighted by atomic mass is 10.1. The van der Waals surface area contributed by atoms with Gasteiger partial charge in [-0.25, -0.2) is 23.2 Å². The van der Waals surface area contributed by atoms with E-state index in [0.29, 0.717) is 0 Å². The fourth-order valence-electron chi connectivity index (χ4n) is 3.44. The highest BCUT2D eigenvalue weighted by Gasteiger charge is 2.22. The largest absolute Gasteiger partial charge is 0.419 e. The number of hydrogen-bond donors (Lipinski definition) is 0. The molecule has 146 valence electrons. The van der Waals surface area contributed by atoms with Gasteiger partial charge in [0.15, 0.2) is 0 Å². The zero-order valence-corrected chi connectivity index (χ0v) is 16.4. The van der Waals surface area contributed by atoms with Gasteiger partial charge in [0.1, 0.15) is 10.5 Å². The van der Waals surface area contributed by atoms with Crippen LogP contribution in [0.3, 0.4) is 0 Å². The van der Waals surface area contributed by atoms with E-state index in [1.807, 2.05) is 0 Å². The van der Waals surface area contributed by atoms with Gasteiger partial charge in [0.25, 0.3) is 0 Å². The van der Waals surface area contributed by atoms with Crippen molar-refractivity contribution < 1.29 is 33.3 Å². The summed E-state index contributed by atoms with van der Waals surface area (Å²) >= 11 is 1.75. The van der Waals surface area contributed by atoms with E-state index in [1.54, 1.807) is 11.3 Å². The summed E-state index contributed by atoms with van der Waals surface area (Å²) in [6.07, 6.45) is 3.86. The van der Waals surface area contributed by atoms with Gasteiger partial charge in [-0.3, -0.25) is 0 Å². The summed E-state index contributed by atoms with van der Waals surface area (Å²) in [5, 5.41) is 3.66. The first-order valence-corrected chi connectivity index (χ1v) is 10.9. The first-order valence-electron chi connectivity index (χ1n) is 8.80. The van der Waals surface area contributed by atoms with Crippen LogP contribution in [0.5, 0.6) is 0 Å². The molecule has 2 aromatic rings. The predicted octanol–water partition coefficient (Wildman–Crippen LogP) is -0.653. The van der Waals surface area contributed by atoms with Crippen molar-refractivity contribution in [2.45, 2.75) is 19.3 Å². The third-order valence-corrected chi connectivity index (χ3v) is 5.69. The molecule has 28 heavy (non-hydrogen) atoms. The van der Waals surface area contributed by atoms with Crippen LogP contribution in [0.2, 0.25) is 0 Å². The van der Waals surface area contributed by atoms with Gasteiger partial charge in [-0.1, -0.05) is 30.3 Å². The molecule has 0 radical (unpaired) electrons. The number of hydrogen-bond acceptors (Lipinski definition) is 7. The highest BCUT2D eigenvalue weighted by molar-refractivity contribution is 7.12. The second-order valence-corrected chi connectivity index (χ2v) is 8.30. The molecule has 0 atom stereocenters. The van der Waals surface area contributed by atoms with Crippen LogP contribution in [0.1, 0.15) is 19.3 Å². The second-order valence-electron chi connectivity index (χ2n) is 6.54. The summed E-state index contributed by atoms with van der Waals surface area (Å²) in [6, 6.07) is 14.9. The molecular weight excluding hydrogens is 404 g/mol. The van der Waals surface area contributed by atoms with E-state index < -0.39 is 10.2 Å². The van der Waals surface area contributed by atoms with Crippen LogP contribution in [0, 0.1) is 10.2 Å². The molecule has 3 aliphatic heterocycles. The molecule has 1 saturated heterocycles. The number of rotatable bonds is 0. The molecule has 7 nitrogen and oxygen atoms in total. The minimum Gasteiger partial charge on any atom is -0.419 e. The van der Waals surface area contributed by atoms with Crippen molar-refractivity contribution in [3.05, 3.63) is 47.3 Å². The molecule has 0 spiro atoms. The van der Waals surface area contributed by atoms with Crippen LogP contribution in [0.4, 0.5) is 0 Å². The lowest BCUT2D eigenvalue weighted by Crippen LogP contribution is -2.68. The van der Waals surface area contributed by atoms with Crippen molar-refractivity contribution in [3.63, 3.8) is 0 Å². The third-order valence-electron chi connectivity index (χ3n) is 4.65. The zero-order valence-electron chi connectivity index (χ0n) is 14.8. The maximum Gasteiger partial charge on any atom is 0.382 e. The van der Waals surface area contributed by atoms with Crippen molar-refractivity contribution >= 4 is 33.1 Å². The highest BCUT2D eigenvalue weighted by Crippen LogP contribution is 2.32. The molecule has 1 fully saturated rings. The minimum atomic E-state index is -4.94. The Labute approximate surface area is 166 Å². The molecular formula is C19H17ClN2O5S. The summed E-state index contributed by atoms with van der Waals surface area (Å²) in [5.74, 6) is 0.762. The van der Waals surface area contributed by atoms with Gasteiger partial charge in [-0.05, 0) is 53.5 Å². The predicted molar refractivity (Wildman–Crippen MR) is 94.9 cm³/mol. The van der Waals surface area contributed by atoms with Crippen molar-refractivity contribution in [1.82, 2.24) is 9.56 Å². The normalized spacial score (nSPS) is 15.1. The number of aromatic nitrogens is 1. The maximum absolute atomic E-state index is 8.49. The molecule has 0 aliphatic carbocycles. The van der Waals surface area contributed by atoms with E-state index in [9.17, 15) is 0 Å². The SMILES string of the molecule is [O-][Cl+3]([O-])([O-])[O-].c1ccc2c(c1)ccc1oc3nc(=[N+]4CCCCC4)sc-3cc12. The summed E-state index contributed by atoms with van der Waals surface area (Å²) in [4.78, 5) is 6.98. The van der Waals surface area contributed by atoms with Crippen molar-refractivity contribution in [2.24, 2.45) is 0 Å². The third kappa shape index (κ3) is 4.33. The first-order chi connectivity index (χ1) is 13.4. The van der Waals surface area contributed by atoms with Crippen LogP contribution in [-0.4, -0.2) is 18.1 Å². The number of benzene rings is 2. The molecule has 9 heteroatoms. The van der Waals surface area contributed by atoms with Crippen LogP contribution >= 0.6 is 11.3 Å². The number of piperidine rings is 1. The second kappa shape index (κ2) is 7.75. The van der Waals surface area contributed by atoms with E-state index >= 15 is 0 Å². The molecule has 2 aromatic carbocycles. The molecule has 3 heterocycles. The van der Waals surface area contributed by atoms with Crippen LogP contribution in [-0.2, 0) is 0 Å². The zero-order chi connectivity index (χ0) is 19.7. The van der Waals surface area contributed by atoms with Gasteiger partial charge >= 0.3 is 10.7 Å². The monoisotopic (exact) mass is 420 g/mol. The lowest BCUT2D eigenvalue weighted by molar-refractivity contribution is -2.00. The number of halogens is 1. The van der Waals surface area contributed by atoms with Gasteiger partial charge in [0.2, 0.25) is 0 Å². The summed E-state index contributed by atoms with van der Waals surface area (Å²) in [6.45, 7) is 2.23. The number of nitrogens with zero attached hydrogens (tertiary/aromatic N) is 2. The first kappa shape index (κ1) is 19.3. The smallest absolute Gasteiger partial charge is 0.382 e. The Morgan fingerprint density at radius 2 is 1.64 bits per heavy atom. The maximum atomic E-state index is 8.49. The van der Waals surface area contributed by atoms with Crippen molar-refractivity contribution in [1.29, 1.82) is 0 Å². The van der Waals surface area contributed by atoms with Crippen molar-refractivity contribution in [2.75, 3.05) is 13.1 Å². The standard InChI is InChI=1S/C19H17N2OS.ClHO4/c1-4-10-21(11-5-1)19-20-18-17(23-19)12-15-14-7-3-2-6-13(14)8-9-16(15)22-18;2-1(3,4)5/h2-3,6-9,12H,1,4-5,10-11H2;(H,2,3,4,5)/q+1;/p-1. The van der Waals surface area contributed by atoms with Crippen LogP contribution in [0.25, 0.3) is 32.5 Å². The molecule has 0 amide bonds. The molecule has 3 aliphatic rings. The van der Waals surface area contributed by atoms with Gasteiger partial charge in [-0.15, -0.1) is 10.2 Å². The van der Waals surface area contributed by atoms with Gasteiger partial charge in [0.05, 0.1) is 13.1 Å². The van der Waals surface area contributed by atoms with E-state index in [1.165, 1.54) is 35.4 Å². The molecule has 5 rings (SSSR count). The van der Waals surface area contributed by atoms with E-state index in [2.05, 4.69) is 47.0 Å². The summed E-state index contributed by atoms with van der Waals surface area (Å²) in [5.41, 5.74) is 0.909. The number of fused-ring (bicyclic) bond motifs is 4. The topological polar surface area (TPSA) is 121 Å². The van der Waals surface area contributed by atoms with E-state index in [0.717, 1.165) is 34.2 Å². The molecule has 0 N–H and O–H groups in total. The van der Waals surface area contributed by atoms with E-state index in [-0.39, 0.29) is 0 Å². The Hall–Kier alpha value is -2.07. The summed E-state index contributed by atoms with van der Waals surface area (Å²) < 4.78 is 42.5. The molecule has 0 unspecified atom stereocenters. The Kier molecular flexibility index (Phi) is 5.33. The lowest BCUT2D eigenvalue weighted by Gasteiger charge is -2.17. The molecule has 0 aromatic heterocycles. The van der Waals surface area contributed by atoms with Gasteiger partial charge < -0.3 is 4.42 Å². The minimum absolute atomic E-state index is 0.762.